The first-order valence-electron chi connectivity index (χ1n) is 13.7. The summed E-state index contributed by atoms with van der Waals surface area (Å²) < 4.78 is 14.5. The Bertz CT molecular complexity index is 1210. The minimum atomic E-state index is -3.32. The van der Waals surface area contributed by atoms with Gasteiger partial charge in [-0.25, -0.2) is 4.79 Å². The highest BCUT2D eigenvalue weighted by atomic mass is 31.2. The Labute approximate surface area is 233 Å². The summed E-state index contributed by atoms with van der Waals surface area (Å²) in [6.45, 7) is 0.603. The highest BCUT2D eigenvalue weighted by Crippen LogP contribution is 2.49. The molecule has 2 aromatic rings. The molecule has 0 unspecified atom stereocenters. The van der Waals surface area contributed by atoms with E-state index < -0.39 is 49.2 Å². The quantitative estimate of drug-likeness (QED) is 0.329. The van der Waals surface area contributed by atoms with Crippen molar-refractivity contribution in [2.24, 2.45) is 0 Å². The first-order valence-corrected chi connectivity index (χ1v) is 15.7. The van der Waals surface area contributed by atoms with Gasteiger partial charge in [-0.05, 0) is 43.2 Å². The van der Waals surface area contributed by atoms with Gasteiger partial charge < -0.3 is 24.6 Å². The van der Waals surface area contributed by atoms with Crippen LogP contribution in [0.3, 0.4) is 0 Å². The van der Waals surface area contributed by atoms with E-state index in [0.29, 0.717) is 32.2 Å². The topological polar surface area (TPSA) is 144 Å². The number of carboxylic acid groups (broad SMARTS) is 2. The SMILES string of the molecule is O=C(O)CC[C@H](NP(=O)(Cc1ccccc1)Cc1ccccc1)C(=O)N1CCC[C@H]1C(=O)N1CCC[C@H]1C(=O)O. The Morgan fingerprint density at radius 3 is 1.88 bits per heavy atom. The molecule has 3 N–H and O–H groups in total. The lowest BCUT2D eigenvalue weighted by Gasteiger charge is -2.33. The lowest BCUT2D eigenvalue weighted by atomic mass is 10.1. The van der Waals surface area contributed by atoms with E-state index in [1.807, 2.05) is 60.7 Å². The van der Waals surface area contributed by atoms with Crippen LogP contribution in [0.5, 0.6) is 0 Å². The fraction of sp³-hybridized carbons (Fsp3) is 0.448. The molecule has 2 heterocycles. The normalized spacial score (nSPS) is 19.9. The molecule has 2 aliphatic heterocycles. The summed E-state index contributed by atoms with van der Waals surface area (Å²) in [5.41, 5.74) is 1.64. The number of benzene rings is 2. The summed E-state index contributed by atoms with van der Waals surface area (Å²) in [5.74, 6) is -3.03. The van der Waals surface area contributed by atoms with Crippen molar-refractivity contribution >= 4 is 31.0 Å². The summed E-state index contributed by atoms with van der Waals surface area (Å²) in [7, 11) is -3.32. The van der Waals surface area contributed by atoms with Crippen LogP contribution in [-0.4, -0.2) is 75.0 Å². The van der Waals surface area contributed by atoms with Crippen molar-refractivity contribution in [1.82, 2.24) is 14.9 Å². The van der Waals surface area contributed by atoms with Crippen LogP contribution in [0.2, 0.25) is 0 Å². The molecule has 0 saturated carbocycles. The molecule has 10 nitrogen and oxygen atoms in total. The highest BCUT2D eigenvalue weighted by Gasteiger charge is 2.44. The van der Waals surface area contributed by atoms with Gasteiger partial charge in [-0.1, -0.05) is 60.7 Å². The Kier molecular flexibility index (Phi) is 9.76. The molecule has 0 spiro atoms. The molecule has 214 valence electrons. The summed E-state index contributed by atoms with van der Waals surface area (Å²) in [5, 5.41) is 22.1. The Hall–Kier alpha value is -3.49. The third-order valence-electron chi connectivity index (χ3n) is 7.54. The van der Waals surface area contributed by atoms with Crippen LogP contribution in [0, 0.1) is 0 Å². The maximum absolute atomic E-state index is 14.5. The van der Waals surface area contributed by atoms with Crippen LogP contribution in [0.25, 0.3) is 0 Å². The monoisotopic (exact) mass is 569 g/mol. The number of amides is 2. The van der Waals surface area contributed by atoms with Crippen LogP contribution in [0.15, 0.2) is 60.7 Å². The fourth-order valence-corrected chi connectivity index (χ4v) is 8.37. The van der Waals surface area contributed by atoms with Gasteiger partial charge in [-0.2, -0.15) is 0 Å². The summed E-state index contributed by atoms with van der Waals surface area (Å²) in [4.78, 5) is 53.3. The molecular formula is C29H36N3O7P. The van der Waals surface area contributed by atoms with Crippen molar-refractivity contribution in [3.8, 4) is 0 Å². The van der Waals surface area contributed by atoms with Crippen molar-refractivity contribution in [2.45, 2.75) is 69.0 Å². The molecule has 40 heavy (non-hydrogen) atoms. The average Bonchev–Trinajstić information content (AvgIpc) is 3.62. The van der Waals surface area contributed by atoms with Crippen LogP contribution in [0.1, 0.15) is 49.7 Å². The van der Waals surface area contributed by atoms with Crippen molar-refractivity contribution in [3.05, 3.63) is 71.8 Å². The van der Waals surface area contributed by atoms with Gasteiger partial charge in [-0.3, -0.25) is 19.5 Å². The summed E-state index contributed by atoms with van der Waals surface area (Å²) >= 11 is 0. The fourth-order valence-electron chi connectivity index (χ4n) is 5.66. The molecular weight excluding hydrogens is 533 g/mol. The number of aliphatic carboxylic acids is 2. The maximum Gasteiger partial charge on any atom is 0.326 e. The van der Waals surface area contributed by atoms with E-state index in [0.717, 1.165) is 11.1 Å². The number of hydrogen-bond acceptors (Lipinski definition) is 5. The van der Waals surface area contributed by atoms with Gasteiger partial charge in [-0.15, -0.1) is 0 Å². The van der Waals surface area contributed by atoms with Crippen LogP contribution >= 0.6 is 7.29 Å². The van der Waals surface area contributed by atoms with E-state index in [1.54, 1.807) is 0 Å². The molecule has 0 bridgehead atoms. The molecule has 3 atom stereocenters. The van der Waals surface area contributed by atoms with E-state index in [1.165, 1.54) is 9.80 Å². The van der Waals surface area contributed by atoms with Gasteiger partial charge in [0.05, 0.1) is 6.04 Å². The minimum absolute atomic E-state index is 0.0966. The van der Waals surface area contributed by atoms with Crippen LogP contribution < -0.4 is 5.09 Å². The van der Waals surface area contributed by atoms with E-state index in [2.05, 4.69) is 5.09 Å². The Morgan fingerprint density at radius 1 is 0.825 bits per heavy atom. The summed E-state index contributed by atoms with van der Waals surface area (Å²) in [6, 6.07) is 15.7. The van der Waals surface area contributed by atoms with Gasteiger partial charge in [0.2, 0.25) is 11.8 Å². The van der Waals surface area contributed by atoms with Crippen molar-refractivity contribution in [2.75, 3.05) is 13.1 Å². The average molecular weight is 570 g/mol. The standard InChI is InChI=1S/C29H36N3O7P/c33-26(34)16-15-23(27(35)31-17-7-13-24(31)28(36)32-18-8-14-25(32)29(37)38)30-40(39,19-21-9-3-1-4-10-21)20-22-11-5-2-6-12-22/h1-6,9-12,23-25H,7-8,13-20H2,(H,30,39)(H,33,34)(H,37,38)/t23-,24-,25-/m0/s1. The second kappa shape index (κ2) is 13.2. The molecule has 2 aromatic carbocycles. The lowest BCUT2D eigenvalue weighted by molar-refractivity contribution is -0.152. The minimum Gasteiger partial charge on any atom is -0.481 e. The lowest BCUT2D eigenvalue weighted by Crippen LogP contribution is -2.54. The number of nitrogens with one attached hydrogen (secondary N) is 1. The van der Waals surface area contributed by atoms with Crippen LogP contribution in [-0.2, 0) is 36.1 Å². The number of carbonyl (C=O) groups excluding carboxylic acids is 2. The summed E-state index contributed by atoms with van der Waals surface area (Å²) in [6.07, 6.45) is 1.81. The number of likely N-dealkylation sites (tertiary alicyclic amines) is 2. The second-order valence-corrected chi connectivity index (χ2v) is 13.2. The molecule has 2 aliphatic rings. The van der Waals surface area contributed by atoms with E-state index in [-0.39, 0.29) is 31.7 Å². The molecule has 0 radical (unpaired) electrons. The van der Waals surface area contributed by atoms with Gasteiger partial charge in [0, 0.05) is 31.8 Å². The van der Waals surface area contributed by atoms with Crippen molar-refractivity contribution < 1.29 is 34.0 Å². The van der Waals surface area contributed by atoms with Gasteiger partial charge in [0.25, 0.3) is 0 Å². The maximum atomic E-state index is 14.5. The largest absolute Gasteiger partial charge is 0.481 e. The molecule has 2 fully saturated rings. The van der Waals surface area contributed by atoms with Crippen molar-refractivity contribution in [1.29, 1.82) is 0 Å². The first-order chi connectivity index (χ1) is 19.2. The highest BCUT2D eigenvalue weighted by molar-refractivity contribution is 7.60. The third-order valence-corrected chi connectivity index (χ3v) is 10.1. The zero-order valence-electron chi connectivity index (χ0n) is 22.4. The number of carbonyl (C=O) groups is 4. The number of hydrogen-bond donors (Lipinski definition) is 3. The molecule has 11 heteroatoms. The van der Waals surface area contributed by atoms with E-state index in [9.17, 15) is 34.0 Å². The van der Waals surface area contributed by atoms with Gasteiger partial charge in [0.1, 0.15) is 12.1 Å². The number of carboxylic acids is 2. The molecule has 2 saturated heterocycles. The smallest absolute Gasteiger partial charge is 0.326 e. The van der Waals surface area contributed by atoms with Crippen LogP contribution in [0.4, 0.5) is 0 Å². The zero-order valence-corrected chi connectivity index (χ0v) is 23.2. The first kappa shape index (κ1) is 29.5. The molecule has 2 amide bonds. The predicted molar refractivity (Wildman–Crippen MR) is 149 cm³/mol. The van der Waals surface area contributed by atoms with E-state index in [4.69, 9.17) is 0 Å². The third kappa shape index (κ3) is 7.37. The van der Waals surface area contributed by atoms with E-state index >= 15 is 0 Å². The second-order valence-electron chi connectivity index (χ2n) is 10.5. The van der Waals surface area contributed by atoms with Gasteiger partial charge >= 0.3 is 11.9 Å². The Morgan fingerprint density at radius 2 is 1.35 bits per heavy atom. The molecule has 0 aromatic heterocycles. The number of nitrogens with zero attached hydrogens (tertiary/aromatic N) is 2. The van der Waals surface area contributed by atoms with Crippen molar-refractivity contribution in [3.63, 3.8) is 0 Å². The number of rotatable bonds is 12. The Balaban J connectivity index is 1.60. The zero-order chi connectivity index (χ0) is 28.7. The molecule has 4 rings (SSSR count). The van der Waals surface area contributed by atoms with Gasteiger partial charge in [0.15, 0.2) is 7.29 Å². The predicted octanol–water partition coefficient (Wildman–Crippen LogP) is 3.55. The molecule has 0 aliphatic carbocycles.